The van der Waals surface area contributed by atoms with Crippen molar-refractivity contribution in [3.63, 3.8) is 0 Å². The summed E-state index contributed by atoms with van der Waals surface area (Å²) in [4.78, 5) is 0. The van der Waals surface area contributed by atoms with Crippen molar-refractivity contribution in [3.05, 3.63) is 59.7 Å². The number of ether oxygens (including phenoxy) is 2. The van der Waals surface area contributed by atoms with Gasteiger partial charge >= 0.3 is 0 Å². The minimum atomic E-state index is -0.155. The highest BCUT2D eigenvalue weighted by molar-refractivity contribution is 5.42. The second-order valence-electron chi connectivity index (χ2n) is 4.97. The van der Waals surface area contributed by atoms with Crippen LogP contribution in [0.15, 0.2) is 48.5 Å². The minimum Gasteiger partial charge on any atom is -0.481 e. The third-order valence-electron chi connectivity index (χ3n) is 3.67. The SMILES string of the molecule is CCc1ccc(C2Oc3ccccc3OC2CN)cc1. The van der Waals surface area contributed by atoms with Crippen molar-refractivity contribution in [3.8, 4) is 11.5 Å². The van der Waals surface area contributed by atoms with Crippen LogP contribution in [-0.2, 0) is 6.42 Å². The first-order chi connectivity index (χ1) is 9.81. The van der Waals surface area contributed by atoms with Crippen molar-refractivity contribution in [1.29, 1.82) is 0 Å². The molecule has 2 atom stereocenters. The normalized spacial score (nSPS) is 20.7. The third kappa shape index (κ3) is 2.37. The molecule has 1 heterocycles. The molecule has 0 amide bonds. The molecule has 0 radical (unpaired) electrons. The average molecular weight is 269 g/mol. The van der Waals surface area contributed by atoms with E-state index >= 15 is 0 Å². The molecule has 0 aromatic heterocycles. The summed E-state index contributed by atoms with van der Waals surface area (Å²) >= 11 is 0. The zero-order valence-corrected chi connectivity index (χ0v) is 11.6. The Labute approximate surface area is 119 Å². The molecule has 2 aromatic carbocycles. The van der Waals surface area contributed by atoms with E-state index in [1.807, 2.05) is 24.3 Å². The molecule has 0 aliphatic carbocycles. The molecular formula is C17H19NO2. The summed E-state index contributed by atoms with van der Waals surface area (Å²) in [6, 6.07) is 16.2. The van der Waals surface area contributed by atoms with E-state index in [-0.39, 0.29) is 12.2 Å². The molecule has 2 aromatic rings. The number of nitrogens with two attached hydrogens (primary N) is 1. The van der Waals surface area contributed by atoms with Gasteiger partial charge in [0.2, 0.25) is 0 Å². The van der Waals surface area contributed by atoms with Gasteiger partial charge in [-0.15, -0.1) is 0 Å². The van der Waals surface area contributed by atoms with E-state index < -0.39 is 0 Å². The molecule has 2 N–H and O–H groups in total. The lowest BCUT2D eigenvalue weighted by atomic mass is 10.0. The number of fused-ring (bicyclic) bond motifs is 1. The largest absolute Gasteiger partial charge is 0.481 e. The van der Waals surface area contributed by atoms with Gasteiger partial charge in [0.25, 0.3) is 0 Å². The summed E-state index contributed by atoms with van der Waals surface area (Å²) in [6.45, 7) is 2.57. The van der Waals surface area contributed by atoms with Crippen molar-refractivity contribution in [2.45, 2.75) is 25.6 Å². The molecule has 0 saturated carbocycles. The van der Waals surface area contributed by atoms with Gasteiger partial charge in [-0.05, 0) is 29.7 Å². The Morgan fingerprint density at radius 1 is 0.950 bits per heavy atom. The molecule has 3 rings (SSSR count). The number of rotatable bonds is 3. The molecule has 3 nitrogen and oxygen atoms in total. The fourth-order valence-corrected chi connectivity index (χ4v) is 2.48. The number of benzene rings is 2. The van der Waals surface area contributed by atoms with E-state index in [0.29, 0.717) is 6.54 Å². The Hall–Kier alpha value is -2.00. The first-order valence-electron chi connectivity index (χ1n) is 7.03. The van der Waals surface area contributed by atoms with Crippen molar-refractivity contribution in [2.75, 3.05) is 6.54 Å². The van der Waals surface area contributed by atoms with Crippen LogP contribution >= 0.6 is 0 Å². The van der Waals surface area contributed by atoms with Gasteiger partial charge in [-0.3, -0.25) is 0 Å². The van der Waals surface area contributed by atoms with Crippen molar-refractivity contribution >= 4 is 0 Å². The first kappa shape index (κ1) is 13.0. The van der Waals surface area contributed by atoms with Crippen molar-refractivity contribution in [2.24, 2.45) is 5.73 Å². The van der Waals surface area contributed by atoms with Gasteiger partial charge in [0.15, 0.2) is 23.7 Å². The van der Waals surface area contributed by atoms with E-state index in [9.17, 15) is 0 Å². The van der Waals surface area contributed by atoms with Crippen LogP contribution in [0, 0.1) is 0 Å². The Morgan fingerprint density at radius 2 is 1.60 bits per heavy atom. The van der Waals surface area contributed by atoms with Gasteiger partial charge < -0.3 is 15.2 Å². The Bertz CT molecular complexity index is 580. The number of hydrogen-bond donors (Lipinski definition) is 1. The van der Waals surface area contributed by atoms with Crippen molar-refractivity contribution < 1.29 is 9.47 Å². The highest BCUT2D eigenvalue weighted by Gasteiger charge is 2.31. The molecule has 0 fully saturated rings. The zero-order valence-electron chi connectivity index (χ0n) is 11.6. The van der Waals surface area contributed by atoms with Crippen LogP contribution in [0.1, 0.15) is 24.2 Å². The lowest BCUT2D eigenvalue weighted by Crippen LogP contribution is -2.38. The monoisotopic (exact) mass is 269 g/mol. The van der Waals surface area contributed by atoms with Gasteiger partial charge in [-0.1, -0.05) is 43.3 Å². The molecule has 1 aliphatic heterocycles. The quantitative estimate of drug-likeness (QED) is 0.931. The van der Waals surface area contributed by atoms with Gasteiger partial charge in [-0.2, -0.15) is 0 Å². The molecule has 20 heavy (non-hydrogen) atoms. The minimum absolute atomic E-state index is 0.152. The van der Waals surface area contributed by atoms with Crippen LogP contribution in [-0.4, -0.2) is 12.6 Å². The standard InChI is InChI=1S/C17H19NO2/c1-2-12-7-9-13(10-8-12)17-16(11-18)19-14-5-3-4-6-15(14)20-17/h3-10,16-17H,2,11,18H2,1H3. The van der Waals surface area contributed by atoms with Crippen LogP contribution in [0.3, 0.4) is 0 Å². The van der Waals surface area contributed by atoms with Crippen LogP contribution in [0.4, 0.5) is 0 Å². The topological polar surface area (TPSA) is 44.5 Å². The molecule has 0 saturated heterocycles. The van der Waals surface area contributed by atoms with Gasteiger partial charge in [-0.25, -0.2) is 0 Å². The fourth-order valence-electron chi connectivity index (χ4n) is 2.48. The molecule has 0 spiro atoms. The van der Waals surface area contributed by atoms with E-state index in [0.717, 1.165) is 23.5 Å². The third-order valence-corrected chi connectivity index (χ3v) is 3.67. The van der Waals surface area contributed by atoms with E-state index in [1.54, 1.807) is 0 Å². The van der Waals surface area contributed by atoms with Crippen LogP contribution < -0.4 is 15.2 Å². The predicted octanol–water partition coefficient (Wildman–Crippen LogP) is 3.09. The Balaban J connectivity index is 1.91. The summed E-state index contributed by atoms with van der Waals surface area (Å²) < 4.78 is 12.0. The fraction of sp³-hybridized carbons (Fsp3) is 0.294. The number of aryl methyl sites for hydroxylation is 1. The molecule has 104 valence electrons. The first-order valence-corrected chi connectivity index (χ1v) is 7.03. The van der Waals surface area contributed by atoms with Crippen LogP contribution in [0.5, 0.6) is 11.5 Å². The molecule has 2 unspecified atom stereocenters. The van der Waals surface area contributed by atoms with Crippen molar-refractivity contribution in [1.82, 2.24) is 0 Å². The average Bonchev–Trinajstić information content (AvgIpc) is 2.53. The predicted molar refractivity (Wildman–Crippen MR) is 79.1 cm³/mol. The summed E-state index contributed by atoms with van der Waals surface area (Å²) in [5.74, 6) is 1.55. The lowest BCUT2D eigenvalue weighted by Gasteiger charge is -2.33. The maximum atomic E-state index is 6.09. The lowest BCUT2D eigenvalue weighted by molar-refractivity contribution is 0.0249. The molecular weight excluding hydrogens is 250 g/mol. The highest BCUT2D eigenvalue weighted by Crippen LogP contribution is 2.38. The van der Waals surface area contributed by atoms with Crippen LogP contribution in [0.25, 0.3) is 0 Å². The highest BCUT2D eigenvalue weighted by atomic mass is 16.6. The molecule has 1 aliphatic rings. The van der Waals surface area contributed by atoms with E-state index in [4.69, 9.17) is 15.2 Å². The Kier molecular flexibility index (Phi) is 3.61. The number of hydrogen-bond acceptors (Lipinski definition) is 3. The van der Waals surface area contributed by atoms with Gasteiger partial charge in [0, 0.05) is 6.54 Å². The smallest absolute Gasteiger partial charge is 0.162 e. The van der Waals surface area contributed by atoms with Gasteiger partial charge in [0.1, 0.15) is 0 Å². The summed E-state index contributed by atoms with van der Waals surface area (Å²) in [5.41, 5.74) is 8.26. The second kappa shape index (κ2) is 5.55. The second-order valence-corrected chi connectivity index (χ2v) is 4.97. The maximum Gasteiger partial charge on any atom is 0.162 e. The summed E-state index contributed by atoms with van der Waals surface area (Å²) in [7, 11) is 0. The summed E-state index contributed by atoms with van der Waals surface area (Å²) in [6.07, 6.45) is 0.726. The summed E-state index contributed by atoms with van der Waals surface area (Å²) in [5, 5.41) is 0. The zero-order chi connectivity index (χ0) is 13.9. The van der Waals surface area contributed by atoms with Crippen LogP contribution in [0.2, 0.25) is 0 Å². The van der Waals surface area contributed by atoms with Gasteiger partial charge in [0.05, 0.1) is 0 Å². The Morgan fingerprint density at radius 3 is 2.20 bits per heavy atom. The molecule has 0 bridgehead atoms. The number of para-hydroxylation sites is 2. The van der Waals surface area contributed by atoms with E-state index in [2.05, 4.69) is 31.2 Å². The van der Waals surface area contributed by atoms with E-state index in [1.165, 1.54) is 5.56 Å². The maximum absolute atomic E-state index is 6.09. The molecule has 3 heteroatoms.